The van der Waals surface area contributed by atoms with Gasteiger partial charge >= 0.3 is 0 Å². The van der Waals surface area contributed by atoms with E-state index in [2.05, 4.69) is 22.9 Å². The average molecular weight is 230 g/mol. The van der Waals surface area contributed by atoms with Crippen molar-refractivity contribution in [2.24, 2.45) is 11.7 Å². The van der Waals surface area contributed by atoms with Gasteiger partial charge in [-0.05, 0) is 43.5 Å². The lowest BCUT2D eigenvalue weighted by Crippen LogP contribution is -2.29. The van der Waals surface area contributed by atoms with Crippen LogP contribution in [0.4, 0.5) is 0 Å². The maximum atomic E-state index is 8.80. The molecule has 0 aliphatic carbocycles. The number of rotatable bonds is 3. The highest BCUT2D eigenvalue weighted by atomic mass is 15.1. The fraction of sp³-hybridized carbons (Fsp3) is 0.538. The maximum Gasteiger partial charge on any atom is 0.140 e. The second-order valence-electron chi connectivity index (χ2n) is 4.80. The molecule has 4 nitrogen and oxygen atoms in total. The van der Waals surface area contributed by atoms with Crippen LogP contribution >= 0.6 is 0 Å². The van der Waals surface area contributed by atoms with E-state index >= 15 is 0 Å². The SMILES string of the molecule is CC(N)C1CCN(Cc2ccnc(C#N)c2)C1. The van der Waals surface area contributed by atoms with Gasteiger partial charge in [-0.1, -0.05) is 0 Å². The second-order valence-corrected chi connectivity index (χ2v) is 4.80. The number of hydrogen-bond acceptors (Lipinski definition) is 4. The third kappa shape index (κ3) is 3.02. The molecule has 0 radical (unpaired) electrons. The van der Waals surface area contributed by atoms with E-state index in [-0.39, 0.29) is 6.04 Å². The summed E-state index contributed by atoms with van der Waals surface area (Å²) in [5.74, 6) is 0.604. The first-order valence-corrected chi connectivity index (χ1v) is 6.02. The molecule has 0 bridgehead atoms. The van der Waals surface area contributed by atoms with Crippen LogP contribution in [0.25, 0.3) is 0 Å². The molecular formula is C13H18N4. The van der Waals surface area contributed by atoms with Gasteiger partial charge in [-0.25, -0.2) is 4.98 Å². The van der Waals surface area contributed by atoms with E-state index in [1.54, 1.807) is 6.20 Å². The molecule has 90 valence electrons. The van der Waals surface area contributed by atoms with Crippen molar-refractivity contribution in [1.29, 1.82) is 5.26 Å². The van der Waals surface area contributed by atoms with Crippen LogP contribution in [-0.2, 0) is 6.54 Å². The third-order valence-electron chi connectivity index (χ3n) is 3.40. The molecule has 1 aliphatic rings. The minimum absolute atomic E-state index is 0.270. The molecule has 0 amide bonds. The van der Waals surface area contributed by atoms with Gasteiger partial charge in [0.05, 0.1) is 0 Å². The zero-order valence-electron chi connectivity index (χ0n) is 10.1. The van der Waals surface area contributed by atoms with Gasteiger partial charge in [0, 0.05) is 25.3 Å². The zero-order valence-corrected chi connectivity index (χ0v) is 10.1. The van der Waals surface area contributed by atoms with E-state index in [9.17, 15) is 0 Å². The fourth-order valence-electron chi connectivity index (χ4n) is 2.33. The van der Waals surface area contributed by atoms with Gasteiger partial charge in [0.2, 0.25) is 0 Å². The first-order chi connectivity index (χ1) is 8.19. The van der Waals surface area contributed by atoms with Crippen molar-refractivity contribution in [3.05, 3.63) is 29.6 Å². The molecule has 2 heterocycles. The zero-order chi connectivity index (χ0) is 12.3. The van der Waals surface area contributed by atoms with Crippen LogP contribution in [0.3, 0.4) is 0 Å². The fourth-order valence-corrected chi connectivity index (χ4v) is 2.33. The van der Waals surface area contributed by atoms with Crippen LogP contribution in [-0.4, -0.2) is 29.0 Å². The number of nitriles is 1. The molecule has 0 aromatic carbocycles. The Labute approximate surface area is 102 Å². The molecule has 2 rings (SSSR count). The van der Waals surface area contributed by atoms with Gasteiger partial charge in [0.15, 0.2) is 0 Å². The van der Waals surface area contributed by atoms with Crippen molar-refractivity contribution in [2.45, 2.75) is 25.9 Å². The van der Waals surface area contributed by atoms with Crippen molar-refractivity contribution >= 4 is 0 Å². The van der Waals surface area contributed by atoms with Crippen molar-refractivity contribution in [3.8, 4) is 6.07 Å². The molecule has 1 saturated heterocycles. The third-order valence-corrected chi connectivity index (χ3v) is 3.40. The summed E-state index contributed by atoms with van der Waals surface area (Å²) in [5.41, 5.74) is 7.56. The van der Waals surface area contributed by atoms with Crippen molar-refractivity contribution in [2.75, 3.05) is 13.1 Å². The van der Waals surface area contributed by atoms with E-state index in [1.807, 2.05) is 12.1 Å². The second kappa shape index (κ2) is 5.26. The minimum Gasteiger partial charge on any atom is -0.328 e. The first-order valence-electron chi connectivity index (χ1n) is 6.02. The Hall–Kier alpha value is -1.44. The highest BCUT2D eigenvalue weighted by Crippen LogP contribution is 2.20. The van der Waals surface area contributed by atoms with Crippen molar-refractivity contribution in [1.82, 2.24) is 9.88 Å². The monoisotopic (exact) mass is 230 g/mol. The van der Waals surface area contributed by atoms with Crippen molar-refractivity contribution in [3.63, 3.8) is 0 Å². The molecule has 17 heavy (non-hydrogen) atoms. The quantitative estimate of drug-likeness (QED) is 0.845. The predicted octanol–water partition coefficient (Wildman–Crippen LogP) is 1.12. The Morgan fingerprint density at radius 1 is 1.71 bits per heavy atom. The van der Waals surface area contributed by atoms with E-state index in [0.29, 0.717) is 11.6 Å². The normalized spacial score (nSPS) is 22.3. The van der Waals surface area contributed by atoms with Crippen LogP contribution in [0.15, 0.2) is 18.3 Å². The Balaban J connectivity index is 1.96. The summed E-state index contributed by atoms with van der Waals surface area (Å²) < 4.78 is 0. The smallest absolute Gasteiger partial charge is 0.140 e. The maximum absolute atomic E-state index is 8.80. The van der Waals surface area contributed by atoms with E-state index in [0.717, 1.165) is 25.2 Å². The highest BCUT2D eigenvalue weighted by molar-refractivity contribution is 5.25. The average Bonchev–Trinajstić information content (AvgIpc) is 2.78. The molecular weight excluding hydrogens is 212 g/mol. The lowest BCUT2D eigenvalue weighted by Gasteiger charge is -2.17. The Morgan fingerprint density at radius 2 is 2.53 bits per heavy atom. The van der Waals surface area contributed by atoms with Crippen LogP contribution in [0, 0.1) is 17.2 Å². The van der Waals surface area contributed by atoms with E-state index in [1.165, 1.54) is 6.42 Å². The van der Waals surface area contributed by atoms with Gasteiger partial charge in [-0.2, -0.15) is 5.26 Å². The Kier molecular flexibility index (Phi) is 3.72. The number of hydrogen-bond donors (Lipinski definition) is 1. The summed E-state index contributed by atoms with van der Waals surface area (Å²) in [6.45, 7) is 5.12. The van der Waals surface area contributed by atoms with Gasteiger partial charge in [0.1, 0.15) is 11.8 Å². The number of nitrogens with two attached hydrogens (primary N) is 1. The molecule has 2 N–H and O–H groups in total. The lowest BCUT2D eigenvalue weighted by molar-refractivity contribution is 0.308. The molecule has 1 fully saturated rings. The minimum atomic E-state index is 0.270. The topological polar surface area (TPSA) is 65.9 Å². The molecule has 1 aromatic rings. The molecule has 2 unspecified atom stereocenters. The summed E-state index contributed by atoms with van der Waals surface area (Å²) >= 11 is 0. The van der Waals surface area contributed by atoms with Gasteiger partial charge in [-0.15, -0.1) is 0 Å². The van der Waals surface area contributed by atoms with Crippen LogP contribution in [0.1, 0.15) is 24.6 Å². The van der Waals surface area contributed by atoms with Crippen molar-refractivity contribution < 1.29 is 0 Å². The van der Waals surface area contributed by atoms with E-state index in [4.69, 9.17) is 11.0 Å². The number of nitrogens with zero attached hydrogens (tertiary/aromatic N) is 3. The van der Waals surface area contributed by atoms with E-state index < -0.39 is 0 Å². The van der Waals surface area contributed by atoms with Crippen LogP contribution in [0.2, 0.25) is 0 Å². The number of aromatic nitrogens is 1. The predicted molar refractivity (Wildman–Crippen MR) is 66.0 cm³/mol. The lowest BCUT2D eigenvalue weighted by atomic mass is 10.0. The first kappa shape index (κ1) is 12.0. The summed E-state index contributed by atoms with van der Waals surface area (Å²) in [6, 6.07) is 6.17. The Morgan fingerprint density at radius 3 is 3.18 bits per heavy atom. The molecule has 0 saturated carbocycles. The van der Waals surface area contributed by atoms with Crippen LogP contribution in [0.5, 0.6) is 0 Å². The molecule has 4 heteroatoms. The summed E-state index contributed by atoms with van der Waals surface area (Å²) in [5, 5.41) is 8.80. The van der Waals surface area contributed by atoms with Gasteiger partial charge < -0.3 is 5.73 Å². The van der Waals surface area contributed by atoms with Gasteiger partial charge in [0.25, 0.3) is 0 Å². The number of likely N-dealkylation sites (tertiary alicyclic amines) is 1. The largest absolute Gasteiger partial charge is 0.328 e. The molecule has 0 spiro atoms. The summed E-state index contributed by atoms with van der Waals surface area (Å²) in [7, 11) is 0. The molecule has 2 atom stereocenters. The summed E-state index contributed by atoms with van der Waals surface area (Å²) in [4.78, 5) is 6.37. The standard InChI is InChI=1S/C13H18N4/c1-10(15)12-3-5-17(9-12)8-11-2-4-16-13(6-11)7-14/h2,4,6,10,12H,3,5,8-9,15H2,1H3. The molecule has 1 aliphatic heterocycles. The Bertz CT molecular complexity index is 422. The number of pyridine rings is 1. The van der Waals surface area contributed by atoms with Gasteiger partial charge in [-0.3, -0.25) is 4.90 Å². The summed E-state index contributed by atoms with van der Waals surface area (Å²) in [6.07, 6.45) is 2.88. The van der Waals surface area contributed by atoms with Crippen LogP contribution < -0.4 is 5.73 Å². The highest BCUT2D eigenvalue weighted by Gasteiger charge is 2.24. The molecule has 1 aromatic heterocycles.